The molecule has 0 bridgehead atoms. The molecule has 0 spiro atoms. The number of unbranched alkanes of at least 4 members (excludes halogenated alkanes) is 1. The third kappa shape index (κ3) is 9.36. The molecule has 1 aromatic heterocycles. The Morgan fingerprint density at radius 2 is 1.71 bits per heavy atom. The molecule has 1 aromatic rings. The van der Waals surface area contributed by atoms with Crippen molar-refractivity contribution < 1.29 is 24.3 Å². The standard InChI is InChI=1S/C18H31N7O5S/c1-10(20)15(26)24-13(6-11-7-21-9-22-11)17(28)23-12(4-2-3-5-19)16(27)25-14(8-31)18(29)30/h7,9-10,12-14,31H,2-6,8,19-20H2,1H3,(H,21,22)(H,23,28)(H,24,26)(H,25,27)(H,29,30). The van der Waals surface area contributed by atoms with Gasteiger partial charge in [-0.25, -0.2) is 9.78 Å². The van der Waals surface area contributed by atoms with Crippen molar-refractivity contribution in [2.75, 3.05) is 12.3 Å². The molecule has 0 radical (unpaired) electrons. The molecule has 12 nitrogen and oxygen atoms in total. The van der Waals surface area contributed by atoms with E-state index in [1.807, 2.05) is 0 Å². The second kappa shape index (κ2) is 13.6. The summed E-state index contributed by atoms with van der Waals surface area (Å²) in [5, 5.41) is 16.7. The molecular formula is C18H31N7O5S. The van der Waals surface area contributed by atoms with E-state index in [-0.39, 0.29) is 18.6 Å². The fraction of sp³-hybridized carbons (Fsp3) is 0.611. The summed E-state index contributed by atoms with van der Waals surface area (Å²) in [4.78, 5) is 55.6. The van der Waals surface area contributed by atoms with Crippen molar-refractivity contribution in [3.63, 3.8) is 0 Å². The van der Waals surface area contributed by atoms with Crippen LogP contribution in [0.5, 0.6) is 0 Å². The number of hydrogen-bond acceptors (Lipinski definition) is 8. The lowest BCUT2D eigenvalue weighted by molar-refractivity contribution is -0.141. The lowest BCUT2D eigenvalue weighted by Gasteiger charge is -2.24. The zero-order chi connectivity index (χ0) is 23.4. The number of nitrogens with zero attached hydrogens (tertiary/aromatic N) is 1. The van der Waals surface area contributed by atoms with Gasteiger partial charge >= 0.3 is 5.97 Å². The number of rotatable bonds is 14. The van der Waals surface area contributed by atoms with Crippen LogP contribution in [0.1, 0.15) is 31.9 Å². The third-order valence-electron chi connectivity index (χ3n) is 4.40. The normalized spacial score (nSPS) is 14.7. The van der Waals surface area contributed by atoms with Crippen LogP contribution in [0.15, 0.2) is 12.5 Å². The number of aromatic nitrogens is 2. The number of hydrogen-bond donors (Lipinski definition) is 8. The van der Waals surface area contributed by atoms with Crippen molar-refractivity contribution in [3.05, 3.63) is 18.2 Å². The molecule has 0 saturated carbocycles. The van der Waals surface area contributed by atoms with Crippen molar-refractivity contribution in [1.29, 1.82) is 0 Å². The Balaban J connectivity index is 2.96. The quantitative estimate of drug-likeness (QED) is 0.114. The maximum atomic E-state index is 12.9. The van der Waals surface area contributed by atoms with Gasteiger partial charge in [-0.15, -0.1) is 0 Å². The Morgan fingerprint density at radius 3 is 2.23 bits per heavy atom. The van der Waals surface area contributed by atoms with Crippen molar-refractivity contribution in [3.8, 4) is 0 Å². The Hall–Kier alpha value is -2.64. The summed E-state index contributed by atoms with van der Waals surface area (Å²) in [5.74, 6) is -3.17. The van der Waals surface area contributed by atoms with Crippen LogP contribution in [-0.4, -0.2) is 75.2 Å². The van der Waals surface area contributed by atoms with Crippen molar-refractivity contribution in [2.24, 2.45) is 11.5 Å². The van der Waals surface area contributed by atoms with Crippen molar-refractivity contribution in [2.45, 2.75) is 56.8 Å². The Kier molecular flexibility index (Phi) is 11.6. The van der Waals surface area contributed by atoms with E-state index in [2.05, 4.69) is 38.5 Å². The molecule has 0 aliphatic carbocycles. The van der Waals surface area contributed by atoms with E-state index in [0.717, 1.165) is 0 Å². The maximum absolute atomic E-state index is 12.9. The zero-order valence-corrected chi connectivity index (χ0v) is 18.2. The number of carbonyl (C=O) groups is 4. The zero-order valence-electron chi connectivity index (χ0n) is 17.3. The Morgan fingerprint density at radius 1 is 1.10 bits per heavy atom. The van der Waals surface area contributed by atoms with Gasteiger partial charge in [0.05, 0.1) is 12.4 Å². The molecule has 9 N–H and O–H groups in total. The number of amides is 3. The summed E-state index contributed by atoms with van der Waals surface area (Å²) in [7, 11) is 0. The van der Waals surface area contributed by atoms with Gasteiger partial charge in [0.1, 0.15) is 18.1 Å². The summed E-state index contributed by atoms with van der Waals surface area (Å²) in [6, 6.07) is -4.09. The number of carboxylic acid groups (broad SMARTS) is 1. The molecule has 0 fully saturated rings. The minimum atomic E-state index is -1.24. The van der Waals surface area contributed by atoms with Gasteiger partial charge in [0.2, 0.25) is 17.7 Å². The molecular weight excluding hydrogens is 426 g/mol. The number of aromatic amines is 1. The van der Waals surface area contributed by atoms with Crippen LogP contribution in [0, 0.1) is 0 Å². The second-order valence-electron chi connectivity index (χ2n) is 7.06. The number of H-pyrrole nitrogens is 1. The number of imidazole rings is 1. The monoisotopic (exact) mass is 457 g/mol. The van der Waals surface area contributed by atoms with Crippen LogP contribution in [0.3, 0.4) is 0 Å². The summed E-state index contributed by atoms with van der Waals surface area (Å²) in [6.45, 7) is 1.89. The van der Waals surface area contributed by atoms with Crippen LogP contribution in [0.2, 0.25) is 0 Å². The van der Waals surface area contributed by atoms with E-state index >= 15 is 0 Å². The lowest BCUT2D eigenvalue weighted by Crippen LogP contribution is -2.57. The number of carboxylic acids is 1. The predicted molar refractivity (Wildman–Crippen MR) is 116 cm³/mol. The summed E-state index contributed by atoms with van der Waals surface area (Å²) in [6.07, 6.45) is 4.43. The number of aliphatic carboxylic acids is 1. The topological polar surface area (TPSA) is 205 Å². The van der Waals surface area contributed by atoms with E-state index in [4.69, 9.17) is 16.6 Å². The predicted octanol–water partition coefficient (Wildman–Crippen LogP) is -2.10. The highest BCUT2D eigenvalue weighted by atomic mass is 32.1. The number of thiol groups is 1. The number of carbonyl (C=O) groups excluding carboxylic acids is 3. The first kappa shape index (κ1) is 26.4. The van der Waals surface area contributed by atoms with Gasteiger partial charge in [-0.05, 0) is 32.7 Å². The molecule has 4 unspecified atom stereocenters. The molecule has 0 aliphatic rings. The maximum Gasteiger partial charge on any atom is 0.327 e. The third-order valence-corrected chi connectivity index (χ3v) is 4.77. The summed E-state index contributed by atoms with van der Waals surface area (Å²) >= 11 is 3.92. The van der Waals surface area contributed by atoms with Gasteiger partial charge in [-0.3, -0.25) is 14.4 Å². The highest BCUT2D eigenvalue weighted by Crippen LogP contribution is 2.05. The molecule has 0 aliphatic heterocycles. The Labute approximate surface area is 185 Å². The molecule has 3 amide bonds. The first-order valence-corrected chi connectivity index (χ1v) is 10.5. The van der Waals surface area contributed by atoms with Gasteiger partial charge < -0.3 is 37.5 Å². The highest BCUT2D eigenvalue weighted by Gasteiger charge is 2.29. The van der Waals surface area contributed by atoms with E-state index < -0.39 is 47.9 Å². The van der Waals surface area contributed by atoms with E-state index in [0.29, 0.717) is 25.1 Å². The highest BCUT2D eigenvalue weighted by molar-refractivity contribution is 7.80. The van der Waals surface area contributed by atoms with Crippen LogP contribution < -0.4 is 27.4 Å². The fourth-order valence-electron chi connectivity index (χ4n) is 2.62. The van der Waals surface area contributed by atoms with E-state index in [9.17, 15) is 19.2 Å². The summed E-state index contributed by atoms with van der Waals surface area (Å²) < 4.78 is 0. The van der Waals surface area contributed by atoms with Crippen LogP contribution in [-0.2, 0) is 25.6 Å². The Bertz CT molecular complexity index is 729. The smallest absolute Gasteiger partial charge is 0.327 e. The molecule has 31 heavy (non-hydrogen) atoms. The van der Waals surface area contributed by atoms with Crippen molar-refractivity contribution in [1.82, 2.24) is 25.9 Å². The molecule has 174 valence electrons. The minimum absolute atomic E-state index is 0.0931. The van der Waals surface area contributed by atoms with Gasteiger partial charge in [-0.2, -0.15) is 12.6 Å². The number of nitrogens with one attached hydrogen (secondary N) is 4. The van der Waals surface area contributed by atoms with E-state index in [1.54, 1.807) is 0 Å². The van der Waals surface area contributed by atoms with Gasteiger partial charge in [0.15, 0.2) is 0 Å². The fourth-order valence-corrected chi connectivity index (χ4v) is 2.87. The largest absolute Gasteiger partial charge is 0.480 e. The van der Waals surface area contributed by atoms with Gasteiger partial charge in [0, 0.05) is 24.1 Å². The lowest BCUT2D eigenvalue weighted by atomic mass is 10.1. The average molecular weight is 458 g/mol. The van der Waals surface area contributed by atoms with E-state index in [1.165, 1.54) is 19.4 Å². The molecule has 13 heteroatoms. The molecule has 0 aromatic carbocycles. The van der Waals surface area contributed by atoms with Crippen molar-refractivity contribution >= 4 is 36.3 Å². The first-order valence-electron chi connectivity index (χ1n) is 9.87. The number of nitrogens with two attached hydrogens (primary N) is 2. The van der Waals surface area contributed by atoms with Crippen LogP contribution >= 0.6 is 12.6 Å². The molecule has 1 heterocycles. The van der Waals surface area contributed by atoms with Crippen LogP contribution in [0.4, 0.5) is 0 Å². The SMILES string of the molecule is CC(N)C(=O)NC(Cc1cnc[nH]1)C(=O)NC(CCCCN)C(=O)NC(CS)C(=O)O. The summed E-state index contributed by atoms with van der Waals surface area (Å²) in [5.41, 5.74) is 11.7. The molecule has 0 saturated heterocycles. The van der Waals surface area contributed by atoms with Gasteiger partial charge in [-0.1, -0.05) is 0 Å². The molecule has 1 rings (SSSR count). The van der Waals surface area contributed by atoms with Crippen LogP contribution in [0.25, 0.3) is 0 Å². The first-order chi connectivity index (χ1) is 14.7. The average Bonchev–Trinajstić information content (AvgIpc) is 3.23. The minimum Gasteiger partial charge on any atom is -0.480 e. The van der Waals surface area contributed by atoms with Gasteiger partial charge in [0.25, 0.3) is 0 Å². The molecule has 4 atom stereocenters. The second-order valence-corrected chi connectivity index (χ2v) is 7.42.